The Morgan fingerprint density at radius 3 is 2.71 bits per heavy atom. The lowest BCUT2D eigenvalue weighted by atomic mass is 10.0. The fourth-order valence-corrected chi connectivity index (χ4v) is 4.03. The molecule has 4 rings (SSSR count). The summed E-state index contributed by atoms with van der Waals surface area (Å²) in [6.45, 7) is 4.08. The van der Waals surface area contributed by atoms with Crippen LogP contribution < -0.4 is 5.73 Å². The molecule has 0 aromatic carbocycles. The third-order valence-electron chi connectivity index (χ3n) is 5.76. The van der Waals surface area contributed by atoms with Gasteiger partial charge in [-0.2, -0.15) is 23.5 Å². The van der Waals surface area contributed by atoms with Gasteiger partial charge in [-0.05, 0) is 37.8 Å². The molecule has 2 aromatic heterocycles. The fraction of sp³-hybridized carbons (Fsp3) is 0.450. The number of hydrogen-bond acceptors (Lipinski definition) is 4. The highest BCUT2D eigenvalue weighted by atomic mass is 19.4. The van der Waals surface area contributed by atoms with Crippen LogP contribution in [0.1, 0.15) is 49.9 Å². The zero-order valence-electron chi connectivity index (χ0n) is 15.5. The van der Waals surface area contributed by atoms with Crippen molar-refractivity contribution in [1.82, 2.24) is 14.8 Å². The normalized spacial score (nSPS) is 24.4. The second-order valence-electron chi connectivity index (χ2n) is 7.53. The number of nitrogen functional groups attached to an aromatic ring is 1. The lowest BCUT2D eigenvalue weighted by molar-refractivity contribution is -0.137. The minimum absolute atomic E-state index is 0.0358. The molecule has 1 saturated carbocycles. The maximum Gasteiger partial charge on any atom is 0.419 e. The molecule has 0 radical (unpaired) electrons. The van der Waals surface area contributed by atoms with Gasteiger partial charge >= 0.3 is 6.18 Å². The molecule has 0 aliphatic heterocycles. The van der Waals surface area contributed by atoms with Crippen molar-refractivity contribution < 1.29 is 13.2 Å². The van der Waals surface area contributed by atoms with Gasteiger partial charge in [-0.25, -0.2) is 4.98 Å². The Morgan fingerprint density at radius 1 is 1.39 bits per heavy atom. The van der Waals surface area contributed by atoms with E-state index in [0.717, 1.165) is 24.6 Å². The number of alkyl halides is 3. The maximum absolute atomic E-state index is 13.2. The molecular weight excluding hydrogens is 367 g/mol. The summed E-state index contributed by atoms with van der Waals surface area (Å²) in [6.07, 6.45) is 0.435. The van der Waals surface area contributed by atoms with Crippen LogP contribution in [-0.4, -0.2) is 14.8 Å². The molecule has 0 spiro atoms. The van der Waals surface area contributed by atoms with E-state index in [0.29, 0.717) is 17.2 Å². The Labute approximate surface area is 160 Å². The summed E-state index contributed by atoms with van der Waals surface area (Å²) in [4.78, 5) is 3.73. The summed E-state index contributed by atoms with van der Waals surface area (Å²) >= 11 is 0. The summed E-state index contributed by atoms with van der Waals surface area (Å²) in [5.74, 6) is -0.0375. The van der Waals surface area contributed by atoms with Crippen molar-refractivity contribution in [3.63, 3.8) is 0 Å². The van der Waals surface area contributed by atoms with E-state index >= 15 is 0 Å². The number of nitrogens with zero attached hydrogens (tertiary/aromatic N) is 4. The van der Waals surface area contributed by atoms with Gasteiger partial charge in [-0.3, -0.25) is 4.68 Å². The van der Waals surface area contributed by atoms with E-state index in [1.807, 2.05) is 30.7 Å². The van der Waals surface area contributed by atoms with Crippen molar-refractivity contribution in [1.29, 1.82) is 5.26 Å². The number of aromatic nitrogens is 3. The Bertz CT molecular complexity index is 998. The SMILES string of the molecule is CCC(C)n1nc(-c2cnc(N)c(C(F)(F)F)c2)cc1C1C2=CC(C#N)CC21. The zero-order valence-corrected chi connectivity index (χ0v) is 15.5. The van der Waals surface area contributed by atoms with Gasteiger partial charge < -0.3 is 5.73 Å². The molecule has 2 aliphatic carbocycles. The first kappa shape index (κ1) is 18.5. The minimum Gasteiger partial charge on any atom is -0.383 e. The lowest BCUT2D eigenvalue weighted by Gasteiger charge is -2.14. The van der Waals surface area contributed by atoms with E-state index < -0.39 is 17.6 Å². The smallest absolute Gasteiger partial charge is 0.383 e. The Morgan fingerprint density at radius 2 is 2.14 bits per heavy atom. The van der Waals surface area contributed by atoms with E-state index in [-0.39, 0.29) is 17.9 Å². The minimum atomic E-state index is -4.57. The van der Waals surface area contributed by atoms with Crippen molar-refractivity contribution in [2.24, 2.45) is 11.8 Å². The number of fused-ring (bicyclic) bond motifs is 1. The average Bonchev–Trinajstić information content (AvgIpc) is 3.02. The second kappa shape index (κ2) is 6.36. The summed E-state index contributed by atoms with van der Waals surface area (Å²) in [5, 5.41) is 13.7. The summed E-state index contributed by atoms with van der Waals surface area (Å²) < 4.78 is 41.5. The molecule has 2 aliphatic rings. The molecule has 0 saturated heterocycles. The number of allylic oxidation sites excluding steroid dienone is 2. The highest BCUT2D eigenvalue weighted by Gasteiger charge is 2.51. The first-order chi connectivity index (χ1) is 13.2. The maximum atomic E-state index is 13.2. The first-order valence-electron chi connectivity index (χ1n) is 9.28. The number of pyridine rings is 1. The molecule has 2 heterocycles. The van der Waals surface area contributed by atoms with Crippen LogP contribution in [0.5, 0.6) is 0 Å². The highest BCUT2D eigenvalue weighted by Crippen LogP contribution is 2.61. The Hall–Kier alpha value is -2.82. The molecule has 4 unspecified atom stereocenters. The summed E-state index contributed by atoms with van der Waals surface area (Å²) in [6, 6.07) is 5.25. The van der Waals surface area contributed by atoms with Crippen molar-refractivity contribution in [2.75, 3.05) is 5.73 Å². The van der Waals surface area contributed by atoms with Crippen molar-refractivity contribution in [3.05, 3.63) is 41.2 Å². The predicted octanol–water partition coefficient (Wildman–Crippen LogP) is 4.70. The summed E-state index contributed by atoms with van der Waals surface area (Å²) in [5.41, 5.74) is 7.44. The summed E-state index contributed by atoms with van der Waals surface area (Å²) in [7, 11) is 0. The largest absolute Gasteiger partial charge is 0.419 e. The van der Waals surface area contributed by atoms with Crippen LogP contribution in [0.25, 0.3) is 11.3 Å². The lowest BCUT2D eigenvalue weighted by Crippen LogP contribution is -2.11. The molecule has 0 bridgehead atoms. The first-order valence-corrected chi connectivity index (χ1v) is 9.28. The van der Waals surface area contributed by atoms with Crippen LogP contribution in [0.15, 0.2) is 30.0 Å². The number of rotatable bonds is 4. The topological polar surface area (TPSA) is 80.5 Å². The average molecular weight is 387 g/mol. The van der Waals surface area contributed by atoms with Gasteiger partial charge in [0.1, 0.15) is 5.82 Å². The zero-order chi connectivity index (χ0) is 20.2. The standard InChI is InChI=1S/C20H20F3N5/c1-3-10(2)28-17(18-13-4-11(8-24)5-14(13)18)7-16(27-28)12-6-15(20(21,22)23)19(25)26-9-12/h4,6-7,9-11,14,18H,3,5H2,1-2H3,(H2,25,26). The molecule has 2 aromatic rings. The van der Waals surface area contributed by atoms with E-state index in [1.54, 1.807) is 0 Å². The van der Waals surface area contributed by atoms with Gasteiger partial charge in [0.15, 0.2) is 0 Å². The van der Waals surface area contributed by atoms with Crippen molar-refractivity contribution in [3.8, 4) is 17.3 Å². The number of nitrogens with two attached hydrogens (primary N) is 1. The number of halogens is 3. The molecule has 28 heavy (non-hydrogen) atoms. The molecule has 4 atom stereocenters. The molecule has 8 heteroatoms. The van der Waals surface area contributed by atoms with Crippen LogP contribution in [-0.2, 0) is 6.18 Å². The molecule has 2 N–H and O–H groups in total. The quantitative estimate of drug-likeness (QED) is 0.771. The third kappa shape index (κ3) is 2.95. The van der Waals surface area contributed by atoms with Gasteiger partial charge in [-0.15, -0.1) is 0 Å². The Kier molecular flexibility index (Phi) is 4.21. The van der Waals surface area contributed by atoms with Crippen LogP contribution in [0.3, 0.4) is 0 Å². The van der Waals surface area contributed by atoms with Gasteiger partial charge in [0.25, 0.3) is 0 Å². The van der Waals surface area contributed by atoms with Gasteiger partial charge in [0.05, 0.1) is 23.2 Å². The number of hydrogen-bond donors (Lipinski definition) is 1. The van der Waals surface area contributed by atoms with Gasteiger partial charge in [-0.1, -0.05) is 18.6 Å². The van der Waals surface area contributed by atoms with Crippen LogP contribution in [0.2, 0.25) is 0 Å². The monoisotopic (exact) mass is 387 g/mol. The molecular formula is C20H20F3N5. The number of nitriles is 1. The van der Waals surface area contributed by atoms with Gasteiger partial charge in [0, 0.05) is 29.4 Å². The second-order valence-corrected chi connectivity index (χ2v) is 7.53. The van der Waals surface area contributed by atoms with E-state index in [4.69, 9.17) is 11.0 Å². The molecule has 0 amide bonds. The predicted molar refractivity (Wildman–Crippen MR) is 97.9 cm³/mol. The van der Waals surface area contributed by atoms with Crippen LogP contribution in [0, 0.1) is 23.2 Å². The Balaban J connectivity index is 1.75. The van der Waals surface area contributed by atoms with Gasteiger partial charge in [0.2, 0.25) is 0 Å². The molecule has 146 valence electrons. The van der Waals surface area contributed by atoms with E-state index in [2.05, 4.69) is 16.2 Å². The number of anilines is 1. The molecule has 1 fully saturated rings. The van der Waals surface area contributed by atoms with Crippen LogP contribution >= 0.6 is 0 Å². The van der Waals surface area contributed by atoms with Crippen molar-refractivity contribution >= 4 is 5.82 Å². The van der Waals surface area contributed by atoms with Crippen LogP contribution in [0.4, 0.5) is 19.0 Å². The highest BCUT2D eigenvalue weighted by molar-refractivity contribution is 5.64. The van der Waals surface area contributed by atoms with E-state index in [1.165, 1.54) is 11.8 Å². The molecule has 5 nitrogen and oxygen atoms in total. The third-order valence-corrected chi connectivity index (χ3v) is 5.76. The van der Waals surface area contributed by atoms with E-state index in [9.17, 15) is 13.2 Å². The fourth-order valence-electron chi connectivity index (χ4n) is 4.03. The van der Waals surface area contributed by atoms with Crippen molar-refractivity contribution in [2.45, 2.75) is 44.8 Å².